The van der Waals surface area contributed by atoms with Gasteiger partial charge in [0.05, 0.1) is 28.4 Å². The number of fused-ring (bicyclic) bond motifs is 1. The van der Waals surface area contributed by atoms with E-state index in [1.54, 1.807) is 16.8 Å². The lowest BCUT2D eigenvalue weighted by molar-refractivity contribution is 0.101. The van der Waals surface area contributed by atoms with Crippen LogP contribution in [0.2, 0.25) is 0 Å². The molecule has 0 bridgehead atoms. The molecule has 4 rings (SSSR count). The van der Waals surface area contributed by atoms with Gasteiger partial charge in [-0.05, 0) is 51.0 Å². The van der Waals surface area contributed by atoms with Crippen LogP contribution in [0.1, 0.15) is 54.4 Å². The zero-order valence-electron chi connectivity index (χ0n) is 14.9. The van der Waals surface area contributed by atoms with Crippen LogP contribution in [0.25, 0.3) is 11.0 Å². The van der Waals surface area contributed by atoms with E-state index < -0.39 is 0 Å². The van der Waals surface area contributed by atoms with Gasteiger partial charge in [-0.3, -0.25) is 14.8 Å². The van der Waals surface area contributed by atoms with Crippen molar-refractivity contribution in [2.24, 2.45) is 0 Å². The summed E-state index contributed by atoms with van der Waals surface area (Å²) in [5.41, 5.74) is 3.70. The maximum atomic E-state index is 12.8. The zero-order chi connectivity index (χ0) is 18.3. The van der Waals surface area contributed by atoms with E-state index >= 15 is 0 Å². The molecule has 2 aromatic heterocycles. The minimum atomic E-state index is -0.211. The van der Waals surface area contributed by atoms with E-state index in [1.165, 1.54) is 0 Å². The molecule has 1 saturated carbocycles. The highest BCUT2D eigenvalue weighted by Crippen LogP contribution is 2.39. The minimum absolute atomic E-state index is 0.211. The van der Waals surface area contributed by atoms with E-state index in [1.807, 2.05) is 30.5 Å². The molecular formula is C19H20N6O. The fourth-order valence-electron chi connectivity index (χ4n) is 3.22. The number of aromatic nitrogens is 4. The molecule has 2 heterocycles. The maximum Gasteiger partial charge on any atom is 0.276 e. The fourth-order valence-corrected chi connectivity index (χ4v) is 3.22. The molecule has 0 aliphatic heterocycles. The summed E-state index contributed by atoms with van der Waals surface area (Å²) in [7, 11) is 0. The van der Waals surface area contributed by atoms with Crippen molar-refractivity contribution in [3.8, 4) is 6.07 Å². The Morgan fingerprint density at radius 2 is 2.12 bits per heavy atom. The Labute approximate surface area is 151 Å². The molecular weight excluding hydrogens is 328 g/mol. The van der Waals surface area contributed by atoms with Gasteiger partial charge in [0.15, 0.2) is 0 Å². The number of nitrogens with zero attached hydrogens (tertiary/aromatic N) is 5. The second-order valence-corrected chi connectivity index (χ2v) is 6.49. The number of nitrogens with one attached hydrogen (secondary N) is 1. The molecule has 1 aliphatic rings. The van der Waals surface area contributed by atoms with E-state index in [-0.39, 0.29) is 5.91 Å². The lowest BCUT2D eigenvalue weighted by Crippen LogP contribution is -2.19. The van der Waals surface area contributed by atoms with Crippen LogP contribution in [-0.4, -0.2) is 25.2 Å². The first-order chi connectivity index (χ1) is 12.6. The number of benzene rings is 1. The maximum absolute atomic E-state index is 12.8. The normalized spacial score (nSPS) is 13.7. The average molecular weight is 348 g/mol. The second kappa shape index (κ2) is 6.30. The minimum Gasteiger partial charge on any atom is -0.310 e. The van der Waals surface area contributed by atoms with Gasteiger partial charge in [-0.15, -0.1) is 0 Å². The quantitative estimate of drug-likeness (QED) is 0.766. The molecule has 0 atom stereocenters. The molecule has 1 N–H and O–H groups in total. The highest BCUT2D eigenvalue weighted by Gasteiger charge is 2.28. The first kappa shape index (κ1) is 16.3. The lowest BCUT2D eigenvalue weighted by Gasteiger charge is -2.08. The Bertz CT molecular complexity index is 1030. The van der Waals surface area contributed by atoms with Crippen LogP contribution in [0.15, 0.2) is 24.3 Å². The first-order valence-electron chi connectivity index (χ1n) is 8.94. The molecule has 1 aliphatic carbocycles. The predicted molar refractivity (Wildman–Crippen MR) is 98.0 cm³/mol. The number of nitriles is 1. The average Bonchev–Trinajstić information content (AvgIpc) is 3.32. The first-order valence-corrected chi connectivity index (χ1v) is 8.94. The van der Waals surface area contributed by atoms with Crippen molar-refractivity contribution in [1.82, 2.24) is 19.3 Å². The summed E-state index contributed by atoms with van der Waals surface area (Å²) in [4.78, 5) is 17.4. The van der Waals surface area contributed by atoms with E-state index in [9.17, 15) is 4.79 Å². The Morgan fingerprint density at radius 1 is 1.31 bits per heavy atom. The molecule has 7 heteroatoms. The van der Waals surface area contributed by atoms with Gasteiger partial charge in [0.1, 0.15) is 5.69 Å². The number of anilines is 1. The third-order valence-corrected chi connectivity index (χ3v) is 4.75. The standard InChI is InChI=1S/C19H20N6O/c1-3-24-16-8-5-12(11-20)9-15(16)21-19(24)22-18(26)17-10-14(13-6-7-13)23-25(17)4-2/h5,8-10,13H,3-4,6-7H2,1-2H3,(H,21,22,26). The number of imidazole rings is 1. The summed E-state index contributed by atoms with van der Waals surface area (Å²) in [5.74, 6) is 0.773. The molecule has 1 fully saturated rings. The summed E-state index contributed by atoms with van der Waals surface area (Å²) in [5, 5.41) is 16.5. The zero-order valence-corrected chi connectivity index (χ0v) is 14.9. The summed E-state index contributed by atoms with van der Waals surface area (Å²) in [6, 6.07) is 9.37. The largest absolute Gasteiger partial charge is 0.310 e. The van der Waals surface area contributed by atoms with Gasteiger partial charge in [0.25, 0.3) is 5.91 Å². The third kappa shape index (κ3) is 2.73. The van der Waals surface area contributed by atoms with Crippen molar-refractivity contribution < 1.29 is 4.79 Å². The molecule has 26 heavy (non-hydrogen) atoms. The van der Waals surface area contributed by atoms with Gasteiger partial charge < -0.3 is 4.57 Å². The van der Waals surface area contributed by atoms with Crippen molar-refractivity contribution in [2.45, 2.75) is 45.7 Å². The molecule has 0 saturated heterocycles. The van der Waals surface area contributed by atoms with Crippen LogP contribution in [0.5, 0.6) is 0 Å². The number of hydrogen-bond acceptors (Lipinski definition) is 4. The molecule has 1 aromatic carbocycles. The van der Waals surface area contributed by atoms with Crippen LogP contribution in [0.4, 0.5) is 5.95 Å². The SMILES string of the molecule is CCn1nc(C2CC2)cc1C(=O)Nc1nc2cc(C#N)ccc2n1CC. The van der Waals surface area contributed by atoms with Crippen LogP contribution in [0, 0.1) is 11.3 Å². The number of amides is 1. The number of aryl methyl sites for hydroxylation is 2. The van der Waals surface area contributed by atoms with Crippen LogP contribution in [0.3, 0.4) is 0 Å². The van der Waals surface area contributed by atoms with Crippen molar-refractivity contribution in [1.29, 1.82) is 5.26 Å². The molecule has 132 valence electrons. The van der Waals surface area contributed by atoms with Gasteiger partial charge >= 0.3 is 0 Å². The number of carbonyl (C=O) groups is 1. The summed E-state index contributed by atoms with van der Waals surface area (Å²) >= 11 is 0. The highest BCUT2D eigenvalue weighted by atomic mass is 16.2. The topological polar surface area (TPSA) is 88.5 Å². The van der Waals surface area contributed by atoms with Crippen molar-refractivity contribution in [2.75, 3.05) is 5.32 Å². The van der Waals surface area contributed by atoms with Crippen LogP contribution < -0.4 is 5.32 Å². The molecule has 3 aromatic rings. The van der Waals surface area contributed by atoms with Gasteiger partial charge in [0, 0.05) is 19.0 Å². The Kier molecular flexibility index (Phi) is 3.96. The molecule has 0 radical (unpaired) electrons. The molecule has 0 spiro atoms. The van der Waals surface area contributed by atoms with Crippen molar-refractivity contribution >= 4 is 22.9 Å². The van der Waals surface area contributed by atoms with E-state index in [4.69, 9.17) is 5.26 Å². The van der Waals surface area contributed by atoms with Crippen LogP contribution in [-0.2, 0) is 13.1 Å². The van der Waals surface area contributed by atoms with Gasteiger partial charge in [-0.25, -0.2) is 4.98 Å². The van der Waals surface area contributed by atoms with E-state index in [2.05, 4.69) is 21.5 Å². The van der Waals surface area contributed by atoms with E-state index in [0.29, 0.717) is 41.7 Å². The Morgan fingerprint density at radius 3 is 2.77 bits per heavy atom. The smallest absolute Gasteiger partial charge is 0.276 e. The highest BCUT2D eigenvalue weighted by molar-refractivity contribution is 6.03. The molecule has 0 unspecified atom stereocenters. The number of carbonyl (C=O) groups excluding carboxylic acids is 1. The number of hydrogen-bond donors (Lipinski definition) is 1. The molecule has 1 amide bonds. The fraction of sp³-hybridized carbons (Fsp3) is 0.368. The van der Waals surface area contributed by atoms with Crippen molar-refractivity contribution in [3.05, 3.63) is 41.2 Å². The second-order valence-electron chi connectivity index (χ2n) is 6.49. The van der Waals surface area contributed by atoms with Gasteiger partial charge in [0.2, 0.25) is 5.95 Å². The van der Waals surface area contributed by atoms with Gasteiger partial charge in [-0.2, -0.15) is 10.4 Å². The van der Waals surface area contributed by atoms with Crippen molar-refractivity contribution in [3.63, 3.8) is 0 Å². The summed E-state index contributed by atoms with van der Waals surface area (Å²) in [6.45, 7) is 5.28. The number of rotatable bonds is 5. The van der Waals surface area contributed by atoms with Gasteiger partial charge in [-0.1, -0.05) is 0 Å². The summed E-state index contributed by atoms with van der Waals surface area (Å²) < 4.78 is 3.68. The lowest BCUT2D eigenvalue weighted by atomic mass is 10.2. The molecule has 7 nitrogen and oxygen atoms in total. The third-order valence-electron chi connectivity index (χ3n) is 4.75. The Balaban J connectivity index is 1.68. The van der Waals surface area contributed by atoms with E-state index in [0.717, 1.165) is 24.1 Å². The monoisotopic (exact) mass is 348 g/mol. The van der Waals surface area contributed by atoms with Crippen LogP contribution >= 0.6 is 0 Å². The Hall–Kier alpha value is -3.14. The predicted octanol–water partition coefficient (Wildman–Crippen LogP) is 3.27. The summed E-state index contributed by atoms with van der Waals surface area (Å²) in [6.07, 6.45) is 2.29.